The molecule has 6 rings (SSSR count). The lowest BCUT2D eigenvalue weighted by molar-refractivity contribution is -0.134. The lowest BCUT2D eigenvalue weighted by Crippen LogP contribution is -2.43. The van der Waals surface area contributed by atoms with E-state index in [2.05, 4.69) is 45.9 Å². The molecule has 0 radical (unpaired) electrons. The van der Waals surface area contributed by atoms with Gasteiger partial charge in [0.25, 0.3) is 11.8 Å². The number of amides is 2. The van der Waals surface area contributed by atoms with Crippen LogP contribution in [-0.4, -0.2) is 67.3 Å². The molecule has 2 aliphatic rings. The van der Waals surface area contributed by atoms with E-state index in [9.17, 15) is 18.4 Å². The molecule has 0 bridgehead atoms. The molecule has 1 unspecified atom stereocenters. The van der Waals surface area contributed by atoms with Crippen LogP contribution in [-0.2, 0) is 17.8 Å². The molecule has 2 N–H and O–H groups in total. The summed E-state index contributed by atoms with van der Waals surface area (Å²) in [6.45, 7) is 3.25. The van der Waals surface area contributed by atoms with Gasteiger partial charge in [-0.1, -0.05) is 17.4 Å². The van der Waals surface area contributed by atoms with Gasteiger partial charge in [0.2, 0.25) is 16.0 Å². The Morgan fingerprint density at radius 1 is 1.09 bits per heavy atom. The van der Waals surface area contributed by atoms with Crippen molar-refractivity contribution in [3.8, 4) is 5.75 Å². The maximum atomic E-state index is 13.1. The Kier molecular flexibility index (Phi) is 8.37. The van der Waals surface area contributed by atoms with Crippen LogP contribution in [0.3, 0.4) is 0 Å². The molecule has 15 heteroatoms. The number of carbonyl (C=O) groups excluding carboxylic acids is 2. The van der Waals surface area contributed by atoms with Gasteiger partial charge in [-0.15, -0.1) is 15.3 Å². The third-order valence-corrected chi connectivity index (χ3v) is 8.25. The van der Waals surface area contributed by atoms with Crippen LogP contribution in [0.5, 0.6) is 5.75 Å². The minimum Gasteiger partial charge on any atom is -0.490 e. The summed E-state index contributed by atoms with van der Waals surface area (Å²) in [6.07, 6.45) is 1.48. The van der Waals surface area contributed by atoms with Crippen LogP contribution in [0.1, 0.15) is 57.8 Å². The summed E-state index contributed by atoms with van der Waals surface area (Å²) in [5.74, 6) is -2.34. The van der Waals surface area contributed by atoms with E-state index in [1.54, 1.807) is 43.5 Å². The Morgan fingerprint density at radius 2 is 1.95 bits per heavy atom. The van der Waals surface area contributed by atoms with Crippen LogP contribution in [0.25, 0.3) is 0 Å². The van der Waals surface area contributed by atoms with Gasteiger partial charge >= 0.3 is 0 Å². The zero-order valence-electron chi connectivity index (χ0n) is 23.7. The average Bonchev–Trinajstić information content (AvgIpc) is 3.66. The summed E-state index contributed by atoms with van der Waals surface area (Å²) >= 11 is 1.19. The van der Waals surface area contributed by atoms with Crippen LogP contribution >= 0.6 is 11.3 Å². The van der Waals surface area contributed by atoms with E-state index in [-0.39, 0.29) is 48.5 Å². The Labute approximate surface area is 255 Å². The van der Waals surface area contributed by atoms with Crippen molar-refractivity contribution in [1.29, 1.82) is 0 Å². The first-order valence-corrected chi connectivity index (χ1v) is 14.9. The monoisotopic (exact) mass is 621 g/mol. The smallest absolute Gasteiger partial charge is 0.282 e. The van der Waals surface area contributed by atoms with Gasteiger partial charge in [-0.3, -0.25) is 19.6 Å². The number of aryl methyl sites for hydroxylation is 1. The molecule has 4 aromatic rings. The zero-order valence-corrected chi connectivity index (χ0v) is 24.6. The maximum Gasteiger partial charge on any atom is 0.282 e. The highest BCUT2D eigenvalue weighted by molar-refractivity contribution is 7.17. The molecule has 0 aromatic carbocycles. The molecule has 0 spiro atoms. The van der Waals surface area contributed by atoms with E-state index < -0.39 is 12.0 Å². The molecule has 5 heterocycles. The summed E-state index contributed by atoms with van der Waals surface area (Å²) in [5, 5.41) is 23.2. The van der Waals surface area contributed by atoms with Gasteiger partial charge in [0, 0.05) is 61.6 Å². The number of anilines is 2. The van der Waals surface area contributed by atoms with Crippen LogP contribution in [0, 0.1) is 6.92 Å². The molecule has 228 valence electrons. The first-order chi connectivity index (χ1) is 21.2. The van der Waals surface area contributed by atoms with Crippen molar-refractivity contribution in [3.63, 3.8) is 0 Å². The van der Waals surface area contributed by atoms with E-state index in [1.165, 1.54) is 11.3 Å². The predicted octanol–water partition coefficient (Wildman–Crippen LogP) is 3.71. The Morgan fingerprint density at radius 3 is 2.70 bits per heavy atom. The third-order valence-electron chi connectivity index (χ3n) is 7.27. The van der Waals surface area contributed by atoms with Gasteiger partial charge in [-0.05, 0) is 37.6 Å². The standard InChI is InChI=1S/C29H29F2N9O3S/c1-17-10-21(43-22-13-29(30,31)14-22)11-20(34-17)15-33-26(42)27-38-39-28(44-27)40-9-7-18(16-40)23-5-6-24(37-36-23)35-25(41)12-19-4-2-3-8-32-19/h2-6,8,10-11,18,22H,7,9,12-16H2,1H3,(H,33,42)(H,35,37,41). The van der Waals surface area contributed by atoms with Gasteiger partial charge in [-0.25, -0.2) is 8.78 Å². The summed E-state index contributed by atoms with van der Waals surface area (Å²) < 4.78 is 31.9. The Balaban J connectivity index is 0.987. The Bertz CT molecular complexity index is 1630. The number of carbonyl (C=O) groups is 2. The Hall–Kier alpha value is -4.66. The molecule has 1 aliphatic carbocycles. The van der Waals surface area contributed by atoms with Gasteiger partial charge in [0.15, 0.2) is 5.82 Å². The minimum atomic E-state index is -2.67. The molecule has 2 fully saturated rings. The molecular weight excluding hydrogens is 592 g/mol. The molecule has 2 amide bonds. The van der Waals surface area contributed by atoms with Crippen LogP contribution in [0.4, 0.5) is 19.7 Å². The minimum absolute atomic E-state index is 0.108. The van der Waals surface area contributed by atoms with Crippen molar-refractivity contribution >= 4 is 34.1 Å². The van der Waals surface area contributed by atoms with Crippen LogP contribution < -0.4 is 20.3 Å². The number of rotatable bonds is 10. The molecule has 44 heavy (non-hydrogen) atoms. The molecule has 4 aromatic heterocycles. The number of pyridine rings is 2. The first-order valence-electron chi connectivity index (χ1n) is 14.1. The zero-order chi connectivity index (χ0) is 30.7. The van der Waals surface area contributed by atoms with Crippen molar-refractivity contribution in [2.75, 3.05) is 23.3 Å². The average molecular weight is 622 g/mol. The number of alkyl halides is 2. The number of ether oxygens (including phenoxy) is 1. The second-order valence-electron chi connectivity index (χ2n) is 10.8. The fourth-order valence-corrected chi connectivity index (χ4v) is 5.88. The number of nitrogens with one attached hydrogen (secondary N) is 2. The first kappa shape index (κ1) is 29.4. The van der Waals surface area contributed by atoms with Gasteiger partial charge < -0.3 is 20.3 Å². The van der Waals surface area contributed by atoms with E-state index in [4.69, 9.17) is 4.74 Å². The molecule has 12 nitrogen and oxygen atoms in total. The van der Waals surface area contributed by atoms with Crippen molar-refractivity contribution in [2.45, 2.75) is 57.1 Å². The second kappa shape index (κ2) is 12.5. The summed E-state index contributed by atoms with van der Waals surface area (Å²) in [5.41, 5.74) is 2.68. The molecule has 1 atom stereocenters. The number of hydrogen-bond donors (Lipinski definition) is 2. The van der Waals surface area contributed by atoms with E-state index in [0.717, 1.165) is 12.1 Å². The lowest BCUT2D eigenvalue weighted by Gasteiger charge is -2.34. The highest BCUT2D eigenvalue weighted by Gasteiger charge is 2.47. The fraction of sp³-hybridized carbons (Fsp3) is 0.379. The van der Waals surface area contributed by atoms with E-state index in [1.807, 2.05) is 12.1 Å². The number of nitrogens with zero attached hydrogens (tertiary/aromatic N) is 7. The summed E-state index contributed by atoms with van der Waals surface area (Å²) in [7, 11) is 0. The number of halogens is 2. The lowest BCUT2D eigenvalue weighted by atomic mass is 9.91. The SMILES string of the molecule is Cc1cc(OC2CC(F)(F)C2)cc(CNC(=O)c2nnc(N3CCC(c4ccc(NC(=O)Cc5ccccn5)nn4)C3)s2)n1. The number of hydrogen-bond acceptors (Lipinski definition) is 11. The van der Waals surface area contributed by atoms with E-state index in [0.29, 0.717) is 46.9 Å². The number of aromatic nitrogens is 6. The second-order valence-corrected chi connectivity index (χ2v) is 11.8. The van der Waals surface area contributed by atoms with Crippen molar-refractivity contribution in [1.82, 2.24) is 35.7 Å². The largest absolute Gasteiger partial charge is 0.490 e. The van der Waals surface area contributed by atoms with Crippen LogP contribution in [0.15, 0.2) is 48.7 Å². The van der Waals surface area contributed by atoms with Gasteiger partial charge in [0.1, 0.15) is 11.9 Å². The summed E-state index contributed by atoms with van der Waals surface area (Å²) in [4.78, 5) is 35.7. The quantitative estimate of drug-likeness (QED) is 0.269. The predicted molar refractivity (Wildman–Crippen MR) is 157 cm³/mol. The van der Waals surface area contributed by atoms with Gasteiger partial charge in [-0.2, -0.15) is 5.10 Å². The fourth-order valence-electron chi connectivity index (χ4n) is 5.08. The summed E-state index contributed by atoms with van der Waals surface area (Å²) in [6, 6.07) is 12.3. The molecule has 1 saturated heterocycles. The molecule has 1 aliphatic heterocycles. The normalized spacial score (nSPS) is 17.6. The van der Waals surface area contributed by atoms with Crippen molar-refractivity contribution in [3.05, 3.63) is 76.4 Å². The van der Waals surface area contributed by atoms with E-state index >= 15 is 0 Å². The molecular formula is C29H29F2N9O3S. The van der Waals surface area contributed by atoms with Crippen molar-refractivity contribution in [2.24, 2.45) is 0 Å². The molecule has 1 saturated carbocycles. The van der Waals surface area contributed by atoms with Crippen molar-refractivity contribution < 1.29 is 23.1 Å². The topological polar surface area (TPSA) is 148 Å². The highest BCUT2D eigenvalue weighted by atomic mass is 32.1. The third kappa shape index (κ3) is 7.27. The highest BCUT2D eigenvalue weighted by Crippen LogP contribution is 2.40. The maximum absolute atomic E-state index is 13.1. The van der Waals surface area contributed by atoms with Gasteiger partial charge in [0.05, 0.1) is 24.4 Å². The van der Waals surface area contributed by atoms with Crippen LogP contribution in [0.2, 0.25) is 0 Å².